The molecule has 0 saturated carbocycles. The van der Waals surface area contributed by atoms with E-state index in [-0.39, 0.29) is 0 Å². The van der Waals surface area contributed by atoms with Crippen LogP contribution in [-0.2, 0) is 6.42 Å². The Kier molecular flexibility index (Phi) is 3.75. The van der Waals surface area contributed by atoms with Crippen molar-refractivity contribution in [3.8, 4) is 11.3 Å². The van der Waals surface area contributed by atoms with Gasteiger partial charge in [0.25, 0.3) is 0 Å². The molecule has 25 heavy (non-hydrogen) atoms. The smallest absolute Gasteiger partial charge is 0.229 e. The summed E-state index contributed by atoms with van der Waals surface area (Å²) in [7, 11) is 0. The highest BCUT2D eigenvalue weighted by molar-refractivity contribution is 6.03. The first-order valence-corrected chi connectivity index (χ1v) is 8.63. The molecule has 4 aromatic heterocycles. The Labute approximate surface area is 146 Å². The fourth-order valence-electron chi connectivity index (χ4n) is 3.16. The number of fused-ring (bicyclic) bond motifs is 3. The number of hydrogen-bond acceptors (Lipinski definition) is 4. The van der Waals surface area contributed by atoms with Crippen LogP contribution in [0.3, 0.4) is 0 Å². The maximum absolute atomic E-state index is 5.78. The normalized spacial score (nSPS) is 11.7. The lowest BCUT2D eigenvalue weighted by molar-refractivity contribution is 0.639. The van der Waals surface area contributed by atoms with Gasteiger partial charge in [0, 0.05) is 29.0 Å². The number of pyridine rings is 3. The predicted molar refractivity (Wildman–Crippen MR) is 101 cm³/mol. The maximum atomic E-state index is 5.78. The lowest BCUT2D eigenvalue weighted by atomic mass is 9.98. The highest BCUT2D eigenvalue weighted by Gasteiger charge is 2.12. The van der Waals surface area contributed by atoms with E-state index in [1.165, 1.54) is 11.1 Å². The Morgan fingerprint density at radius 1 is 0.960 bits per heavy atom. The van der Waals surface area contributed by atoms with Gasteiger partial charge in [0.1, 0.15) is 0 Å². The molecule has 4 heteroatoms. The quantitative estimate of drug-likeness (QED) is 0.514. The Hall–Kier alpha value is -2.75. The summed E-state index contributed by atoms with van der Waals surface area (Å²) in [6.07, 6.45) is 4.83. The standard InChI is InChI=1S/C21H21N3O/c1-12(2)7-15-9-19(22-10-13(15)3)16-8-18-17-6-5-14(4)24-21(17)25-20(18)23-11-16/h5-6,8-12H,7H2,1-4H3. The zero-order valence-corrected chi connectivity index (χ0v) is 15.0. The number of nitrogens with zero attached hydrogens (tertiary/aromatic N) is 3. The zero-order chi connectivity index (χ0) is 17.6. The van der Waals surface area contributed by atoms with Gasteiger partial charge in [-0.05, 0) is 61.6 Å². The number of rotatable bonds is 3. The summed E-state index contributed by atoms with van der Waals surface area (Å²) in [6, 6.07) is 8.32. The molecule has 4 aromatic rings. The van der Waals surface area contributed by atoms with E-state index in [2.05, 4.69) is 47.9 Å². The van der Waals surface area contributed by atoms with Crippen molar-refractivity contribution in [3.05, 3.63) is 53.5 Å². The average Bonchev–Trinajstić information content (AvgIpc) is 2.93. The first-order valence-electron chi connectivity index (χ1n) is 8.63. The molecule has 0 N–H and O–H groups in total. The third-order valence-corrected chi connectivity index (χ3v) is 4.47. The second-order valence-electron chi connectivity index (χ2n) is 7.08. The predicted octanol–water partition coefficient (Wildman–Crippen LogP) is 5.25. The minimum absolute atomic E-state index is 0.613. The molecule has 0 aromatic carbocycles. The molecule has 0 aliphatic heterocycles. The van der Waals surface area contributed by atoms with Crippen LogP contribution in [0.15, 0.2) is 41.1 Å². The van der Waals surface area contributed by atoms with Crippen LogP contribution >= 0.6 is 0 Å². The van der Waals surface area contributed by atoms with Crippen molar-refractivity contribution in [3.63, 3.8) is 0 Å². The van der Waals surface area contributed by atoms with Crippen LogP contribution < -0.4 is 0 Å². The van der Waals surface area contributed by atoms with Crippen molar-refractivity contribution in [1.82, 2.24) is 15.0 Å². The van der Waals surface area contributed by atoms with Gasteiger partial charge >= 0.3 is 0 Å². The van der Waals surface area contributed by atoms with Crippen molar-refractivity contribution in [2.24, 2.45) is 5.92 Å². The first kappa shape index (κ1) is 15.8. The molecule has 4 heterocycles. The summed E-state index contributed by atoms with van der Waals surface area (Å²) in [5.41, 5.74) is 6.72. The lowest BCUT2D eigenvalue weighted by Gasteiger charge is -2.10. The van der Waals surface area contributed by atoms with Crippen LogP contribution in [0.25, 0.3) is 33.5 Å². The Bertz CT molecular complexity index is 1080. The summed E-state index contributed by atoms with van der Waals surface area (Å²) in [5.74, 6) is 0.613. The third-order valence-electron chi connectivity index (χ3n) is 4.47. The van der Waals surface area contributed by atoms with Gasteiger partial charge < -0.3 is 4.42 Å². The zero-order valence-electron chi connectivity index (χ0n) is 15.0. The van der Waals surface area contributed by atoms with E-state index in [0.717, 1.165) is 34.1 Å². The molecule has 4 nitrogen and oxygen atoms in total. The van der Waals surface area contributed by atoms with Gasteiger partial charge in [0.15, 0.2) is 0 Å². The van der Waals surface area contributed by atoms with Gasteiger partial charge in [-0.3, -0.25) is 4.98 Å². The number of aromatic nitrogens is 3. The Morgan fingerprint density at radius 3 is 2.60 bits per heavy atom. The highest BCUT2D eigenvalue weighted by atomic mass is 16.3. The Morgan fingerprint density at radius 2 is 1.80 bits per heavy atom. The van der Waals surface area contributed by atoms with Crippen molar-refractivity contribution < 1.29 is 4.42 Å². The van der Waals surface area contributed by atoms with Gasteiger partial charge in [0.05, 0.1) is 11.1 Å². The second-order valence-corrected chi connectivity index (χ2v) is 7.08. The largest absolute Gasteiger partial charge is 0.419 e. The maximum Gasteiger partial charge on any atom is 0.229 e. The van der Waals surface area contributed by atoms with Crippen LogP contribution in [0.1, 0.15) is 30.7 Å². The molecule has 0 fully saturated rings. The molecular weight excluding hydrogens is 310 g/mol. The molecule has 0 atom stereocenters. The molecule has 126 valence electrons. The monoisotopic (exact) mass is 331 g/mol. The molecule has 0 radical (unpaired) electrons. The van der Waals surface area contributed by atoms with Crippen molar-refractivity contribution in [1.29, 1.82) is 0 Å². The summed E-state index contributed by atoms with van der Waals surface area (Å²) >= 11 is 0. The minimum atomic E-state index is 0.613. The molecule has 0 spiro atoms. The second kappa shape index (κ2) is 5.96. The van der Waals surface area contributed by atoms with Gasteiger partial charge in [-0.25, -0.2) is 9.97 Å². The molecule has 0 saturated heterocycles. The highest BCUT2D eigenvalue weighted by Crippen LogP contribution is 2.30. The molecule has 0 aliphatic rings. The SMILES string of the molecule is Cc1ccc2c(n1)oc1ncc(-c3cc(CC(C)C)c(C)cn3)cc12. The summed E-state index contributed by atoms with van der Waals surface area (Å²) < 4.78 is 5.78. The first-order chi connectivity index (χ1) is 12.0. The van der Waals surface area contributed by atoms with Crippen LogP contribution in [0.5, 0.6) is 0 Å². The van der Waals surface area contributed by atoms with Crippen LogP contribution in [0.2, 0.25) is 0 Å². The molecule has 0 bridgehead atoms. The van der Waals surface area contributed by atoms with E-state index in [1.54, 1.807) is 0 Å². The van der Waals surface area contributed by atoms with Crippen LogP contribution in [-0.4, -0.2) is 15.0 Å². The van der Waals surface area contributed by atoms with Gasteiger partial charge in [-0.15, -0.1) is 0 Å². The molecule has 0 aliphatic carbocycles. The summed E-state index contributed by atoms with van der Waals surface area (Å²) in [5, 5.41) is 1.97. The Balaban J connectivity index is 1.85. The number of aryl methyl sites for hydroxylation is 2. The van der Waals surface area contributed by atoms with Crippen molar-refractivity contribution in [2.75, 3.05) is 0 Å². The van der Waals surface area contributed by atoms with E-state index >= 15 is 0 Å². The van der Waals surface area contributed by atoms with Crippen LogP contribution in [0.4, 0.5) is 0 Å². The fourth-order valence-corrected chi connectivity index (χ4v) is 3.16. The average molecular weight is 331 g/mol. The van der Waals surface area contributed by atoms with E-state index in [1.807, 2.05) is 31.5 Å². The van der Waals surface area contributed by atoms with Crippen molar-refractivity contribution >= 4 is 22.2 Å². The summed E-state index contributed by atoms with van der Waals surface area (Å²) in [6.45, 7) is 8.55. The fraction of sp³-hybridized carbons (Fsp3) is 0.286. The molecule has 4 rings (SSSR count). The molecular formula is C21H21N3O. The number of hydrogen-bond donors (Lipinski definition) is 0. The third kappa shape index (κ3) is 2.88. The molecule has 0 unspecified atom stereocenters. The minimum Gasteiger partial charge on any atom is -0.419 e. The van der Waals surface area contributed by atoms with Crippen molar-refractivity contribution in [2.45, 2.75) is 34.1 Å². The topological polar surface area (TPSA) is 51.8 Å². The number of furan rings is 1. The van der Waals surface area contributed by atoms with E-state index in [9.17, 15) is 0 Å². The van der Waals surface area contributed by atoms with E-state index < -0.39 is 0 Å². The molecule has 0 amide bonds. The summed E-state index contributed by atoms with van der Waals surface area (Å²) in [4.78, 5) is 13.6. The lowest BCUT2D eigenvalue weighted by Crippen LogP contribution is -1.99. The van der Waals surface area contributed by atoms with Gasteiger partial charge in [-0.1, -0.05) is 13.8 Å². The van der Waals surface area contributed by atoms with Crippen LogP contribution in [0, 0.1) is 19.8 Å². The van der Waals surface area contributed by atoms with E-state index in [4.69, 9.17) is 4.42 Å². The van der Waals surface area contributed by atoms with Gasteiger partial charge in [-0.2, -0.15) is 0 Å². The van der Waals surface area contributed by atoms with E-state index in [0.29, 0.717) is 17.3 Å². The van der Waals surface area contributed by atoms with Gasteiger partial charge in [0.2, 0.25) is 11.4 Å².